The van der Waals surface area contributed by atoms with Crippen molar-refractivity contribution in [1.82, 2.24) is 5.32 Å². The first-order valence-corrected chi connectivity index (χ1v) is 10.9. The van der Waals surface area contributed by atoms with Crippen LogP contribution in [0, 0.1) is 0 Å². The highest BCUT2D eigenvalue weighted by molar-refractivity contribution is 7.86. The van der Waals surface area contributed by atoms with E-state index in [9.17, 15) is 13.2 Å². The number of hydrogen-bond acceptors (Lipinski definition) is 5. The molecular weight excluding hydrogens is 354 g/mol. The van der Waals surface area contributed by atoms with Gasteiger partial charge in [0.15, 0.2) is 0 Å². The maximum Gasteiger partial charge on any atom is 0.407 e. The average Bonchev–Trinajstić information content (AvgIpc) is 2.61. The smallest absolute Gasteiger partial charge is 0.407 e. The van der Waals surface area contributed by atoms with Crippen molar-refractivity contribution in [2.75, 3.05) is 5.75 Å². The zero-order valence-electron chi connectivity index (χ0n) is 15.4. The molecule has 1 atom stereocenters. The Morgan fingerprint density at radius 1 is 1.19 bits per heavy atom. The summed E-state index contributed by atoms with van der Waals surface area (Å²) in [6.07, 6.45) is 5.17. The summed E-state index contributed by atoms with van der Waals surface area (Å²) in [6, 6.07) is 8.82. The van der Waals surface area contributed by atoms with E-state index in [4.69, 9.17) is 8.92 Å². The molecule has 0 unspecified atom stereocenters. The summed E-state index contributed by atoms with van der Waals surface area (Å²) in [5, 5.41) is 2.66. The second-order valence-electron chi connectivity index (χ2n) is 6.77. The number of carbonyl (C=O) groups is 1. The highest BCUT2D eigenvalue weighted by Crippen LogP contribution is 2.22. The van der Waals surface area contributed by atoms with Crippen LogP contribution in [0.25, 0.3) is 0 Å². The van der Waals surface area contributed by atoms with Crippen molar-refractivity contribution < 1.29 is 22.1 Å². The quantitative estimate of drug-likeness (QED) is 0.657. The van der Waals surface area contributed by atoms with Gasteiger partial charge in [-0.3, -0.25) is 4.18 Å². The van der Waals surface area contributed by atoms with Gasteiger partial charge < -0.3 is 10.1 Å². The maximum atomic E-state index is 12.3. The Hall–Kier alpha value is -1.60. The lowest BCUT2D eigenvalue weighted by Crippen LogP contribution is -2.41. The Labute approximate surface area is 156 Å². The molecule has 6 nitrogen and oxygen atoms in total. The molecule has 1 aromatic rings. The van der Waals surface area contributed by atoms with Crippen LogP contribution in [-0.4, -0.2) is 32.4 Å². The van der Waals surface area contributed by atoms with Crippen LogP contribution in [0.5, 0.6) is 0 Å². The van der Waals surface area contributed by atoms with Gasteiger partial charge in [0.1, 0.15) is 6.61 Å². The van der Waals surface area contributed by atoms with Crippen molar-refractivity contribution in [3.8, 4) is 0 Å². The number of hydrogen-bond donors (Lipinski definition) is 1. The van der Waals surface area contributed by atoms with Crippen LogP contribution in [0.2, 0.25) is 0 Å². The van der Waals surface area contributed by atoms with E-state index in [1.54, 1.807) is 0 Å². The molecule has 1 aromatic carbocycles. The summed E-state index contributed by atoms with van der Waals surface area (Å²) in [5.74, 6) is -0.224. The molecule has 0 spiro atoms. The van der Waals surface area contributed by atoms with Crippen molar-refractivity contribution in [3.05, 3.63) is 35.9 Å². The van der Waals surface area contributed by atoms with Gasteiger partial charge in [-0.2, -0.15) is 8.42 Å². The summed E-state index contributed by atoms with van der Waals surface area (Å²) >= 11 is 0. The Kier molecular flexibility index (Phi) is 8.38. The molecule has 0 saturated heterocycles. The molecule has 2 rings (SSSR count). The van der Waals surface area contributed by atoms with Gasteiger partial charge in [-0.05, 0) is 24.8 Å². The fourth-order valence-electron chi connectivity index (χ4n) is 3.13. The summed E-state index contributed by atoms with van der Waals surface area (Å²) in [6.45, 7) is 2.09. The molecule has 0 bridgehead atoms. The minimum atomic E-state index is -3.69. The molecule has 1 fully saturated rings. The number of ether oxygens (including phenoxy) is 1. The van der Waals surface area contributed by atoms with Crippen LogP contribution in [0.1, 0.15) is 57.4 Å². The van der Waals surface area contributed by atoms with Crippen LogP contribution in [0.3, 0.4) is 0 Å². The van der Waals surface area contributed by atoms with Gasteiger partial charge in [0, 0.05) is 6.04 Å². The summed E-state index contributed by atoms with van der Waals surface area (Å²) < 4.78 is 35.2. The highest BCUT2D eigenvalue weighted by atomic mass is 32.2. The molecule has 26 heavy (non-hydrogen) atoms. The third-order valence-corrected chi connectivity index (χ3v) is 5.79. The second-order valence-corrected chi connectivity index (χ2v) is 8.41. The van der Waals surface area contributed by atoms with Crippen LogP contribution in [0.4, 0.5) is 4.79 Å². The van der Waals surface area contributed by atoms with Gasteiger partial charge in [0.25, 0.3) is 10.1 Å². The molecule has 0 aliphatic heterocycles. The third-order valence-electron chi connectivity index (χ3n) is 4.41. The van der Waals surface area contributed by atoms with Crippen molar-refractivity contribution in [2.24, 2.45) is 0 Å². The predicted molar refractivity (Wildman–Crippen MR) is 100 cm³/mol. The fraction of sp³-hybridized carbons (Fsp3) is 0.632. The number of amides is 1. The number of rotatable bonds is 9. The molecule has 1 N–H and O–H groups in total. The minimum absolute atomic E-state index is 0.150. The maximum absolute atomic E-state index is 12.3. The zero-order chi connectivity index (χ0) is 18.8. The number of carbonyl (C=O) groups excluding carboxylic acids is 1. The zero-order valence-corrected chi connectivity index (χ0v) is 16.2. The molecule has 7 heteroatoms. The monoisotopic (exact) mass is 383 g/mol. The minimum Gasteiger partial charge on any atom is -0.445 e. The molecule has 0 radical (unpaired) electrons. The number of alkyl carbamates (subject to hydrolysis) is 1. The first-order valence-electron chi connectivity index (χ1n) is 9.36. The normalized spacial score (nSPS) is 16.8. The molecule has 1 aliphatic carbocycles. The Bertz CT molecular complexity index is 641. The van der Waals surface area contributed by atoms with E-state index in [0.29, 0.717) is 6.42 Å². The molecule has 0 aromatic heterocycles. The summed E-state index contributed by atoms with van der Waals surface area (Å²) in [4.78, 5) is 12.0. The largest absolute Gasteiger partial charge is 0.445 e. The fourth-order valence-corrected chi connectivity index (χ4v) is 4.56. The molecule has 0 heterocycles. The van der Waals surface area contributed by atoms with Gasteiger partial charge in [0.05, 0.1) is 11.9 Å². The van der Waals surface area contributed by atoms with E-state index in [0.717, 1.165) is 44.1 Å². The predicted octanol–water partition coefficient (Wildman–Crippen LogP) is 3.76. The average molecular weight is 384 g/mol. The first kappa shape index (κ1) is 20.7. The van der Waals surface area contributed by atoms with Crippen LogP contribution in [0.15, 0.2) is 30.3 Å². The summed E-state index contributed by atoms with van der Waals surface area (Å²) in [5.41, 5.74) is 0.878. The lowest BCUT2D eigenvalue weighted by Gasteiger charge is -2.23. The van der Waals surface area contributed by atoms with Crippen LogP contribution >= 0.6 is 0 Å². The van der Waals surface area contributed by atoms with Crippen molar-refractivity contribution in [2.45, 2.75) is 70.6 Å². The van der Waals surface area contributed by atoms with E-state index in [1.165, 1.54) is 0 Å². The van der Waals surface area contributed by atoms with Crippen molar-refractivity contribution in [3.63, 3.8) is 0 Å². The van der Waals surface area contributed by atoms with E-state index in [1.807, 2.05) is 37.3 Å². The van der Waals surface area contributed by atoms with Gasteiger partial charge in [0.2, 0.25) is 0 Å². The second kappa shape index (κ2) is 10.5. The standard InChI is InChI=1S/C19H29NO5S/c1-2-9-17(15-26(22,23)25-18-12-7-4-8-13-18)20-19(21)24-14-16-10-5-3-6-11-16/h3,5-6,10-11,17-18H,2,4,7-9,12-15H2,1H3,(H,20,21)/t17-/m0/s1. The molecule has 146 valence electrons. The Balaban J connectivity index is 1.83. The van der Waals surface area contributed by atoms with Crippen molar-refractivity contribution in [1.29, 1.82) is 0 Å². The molecule has 1 saturated carbocycles. The first-order chi connectivity index (χ1) is 12.5. The SMILES string of the molecule is CCC[C@@H](CS(=O)(=O)OC1CCCCC1)NC(=O)OCc1ccccc1. The topological polar surface area (TPSA) is 81.7 Å². The lowest BCUT2D eigenvalue weighted by molar-refractivity contribution is 0.135. The van der Waals surface area contributed by atoms with Crippen molar-refractivity contribution >= 4 is 16.2 Å². The molecule has 1 amide bonds. The number of benzene rings is 1. The van der Waals surface area contributed by atoms with E-state index in [2.05, 4.69) is 5.32 Å². The van der Waals surface area contributed by atoms with Crippen LogP contribution < -0.4 is 5.32 Å². The summed E-state index contributed by atoms with van der Waals surface area (Å²) in [7, 11) is -3.69. The van der Waals surface area contributed by atoms with E-state index in [-0.39, 0.29) is 18.5 Å². The highest BCUT2D eigenvalue weighted by Gasteiger charge is 2.26. The van der Waals surface area contributed by atoms with Gasteiger partial charge in [-0.15, -0.1) is 0 Å². The Morgan fingerprint density at radius 3 is 2.54 bits per heavy atom. The molecular formula is C19H29NO5S. The Morgan fingerprint density at radius 2 is 1.88 bits per heavy atom. The lowest BCUT2D eigenvalue weighted by atomic mass is 9.98. The molecule has 1 aliphatic rings. The van der Waals surface area contributed by atoms with Gasteiger partial charge in [-0.25, -0.2) is 4.79 Å². The third kappa shape index (κ3) is 7.74. The van der Waals surface area contributed by atoms with E-state index >= 15 is 0 Å². The number of nitrogens with one attached hydrogen (secondary N) is 1. The van der Waals surface area contributed by atoms with Gasteiger partial charge in [-0.1, -0.05) is 62.9 Å². The van der Waals surface area contributed by atoms with Crippen LogP contribution in [-0.2, 0) is 25.6 Å². The van der Waals surface area contributed by atoms with Gasteiger partial charge >= 0.3 is 6.09 Å². The van der Waals surface area contributed by atoms with E-state index < -0.39 is 22.3 Å².